The number of benzene rings is 1. The molecule has 1 unspecified atom stereocenters. The van der Waals surface area contributed by atoms with E-state index in [1.165, 1.54) is 12.1 Å². The second kappa shape index (κ2) is 7.16. The Morgan fingerprint density at radius 1 is 1.14 bits per heavy atom. The van der Waals surface area contributed by atoms with Crippen LogP contribution in [-0.2, 0) is 0 Å². The van der Waals surface area contributed by atoms with Gasteiger partial charge in [0.25, 0.3) is 0 Å². The lowest BCUT2D eigenvalue weighted by molar-refractivity contribution is 0.185. The first-order chi connectivity index (χ1) is 9.95. The summed E-state index contributed by atoms with van der Waals surface area (Å²) in [5.41, 5.74) is 2.70. The summed E-state index contributed by atoms with van der Waals surface area (Å²) < 4.78 is 28.6. The predicted octanol–water partition coefficient (Wildman–Crippen LogP) is 4.69. The van der Waals surface area contributed by atoms with Gasteiger partial charge >= 0.3 is 0 Å². The summed E-state index contributed by atoms with van der Waals surface area (Å²) in [6, 6.07) is 2.19. The van der Waals surface area contributed by atoms with Gasteiger partial charge in [-0.25, -0.2) is 8.78 Å². The Labute approximate surface area is 133 Å². The molecule has 0 spiro atoms. The fraction of sp³-hybridized carbons (Fsp3) is 0.625. The van der Waals surface area contributed by atoms with Crippen LogP contribution in [-0.4, -0.2) is 0 Å². The van der Waals surface area contributed by atoms with Crippen molar-refractivity contribution in [2.75, 3.05) is 0 Å². The number of halogens is 3. The monoisotopic (exact) mass is 360 g/mol. The summed E-state index contributed by atoms with van der Waals surface area (Å²) in [5, 5.41) is 0. The Kier molecular flexibility index (Phi) is 5.74. The largest absolute Gasteiger partial charge is 0.271 e. The van der Waals surface area contributed by atoms with Gasteiger partial charge in [0.1, 0.15) is 11.6 Å². The highest BCUT2D eigenvalue weighted by atomic mass is 79.9. The van der Waals surface area contributed by atoms with E-state index in [1.807, 2.05) is 0 Å². The summed E-state index contributed by atoms with van der Waals surface area (Å²) in [7, 11) is 0. The van der Waals surface area contributed by atoms with Gasteiger partial charge in [-0.1, -0.05) is 13.8 Å². The van der Waals surface area contributed by atoms with Crippen LogP contribution in [0.2, 0.25) is 0 Å². The molecular weight excluding hydrogens is 338 g/mol. The molecule has 0 radical (unpaired) electrons. The van der Waals surface area contributed by atoms with Crippen LogP contribution in [0, 0.1) is 29.4 Å². The second-order valence-corrected chi connectivity index (χ2v) is 7.17. The van der Waals surface area contributed by atoms with E-state index in [-0.39, 0.29) is 16.0 Å². The Morgan fingerprint density at radius 2 is 1.71 bits per heavy atom. The SMILES string of the molecule is CC(C)C1CCC(C(NN)c2c(F)ccc(Br)c2F)CC1. The van der Waals surface area contributed by atoms with Crippen LogP contribution >= 0.6 is 15.9 Å². The molecule has 0 amide bonds. The zero-order valence-corrected chi connectivity index (χ0v) is 14.1. The second-order valence-electron chi connectivity index (χ2n) is 6.32. The fourth-order valence-electron chi connectivity index (χ4n) is 3.43. The van der Waals surface area contributed by atoms with E-state index in [9.17, 15) is 8.78 Å². The first-order valence-electron chi connectivity index (χ1n) is 7.55. The van der Waals surface area contributed by atoms with Crippen molar-refractivity contribution in [3.8, 4) is 0 Å². The van der Waals surface area contributed by atoms with Crippen LogP contribution in [0.5, 0.6) is 0 Å². The minimum absolute atomic E-state index is 0.0554. The van der Waals surface area contributed by atoms with Crippen molar-refractivity contribution in [1.82, 2.24) is 5.43 Å². The number of hydrogen-bond acceptors (Lipinski definition) is 2. The van der Waals surface area contributed by atoms with Crippen molar-refractivity contribution in [3.63, 3.8) is 0 Å². The van der Waals surface area contributed by atoms with E-state index in [2.05, 4.69) is 35.2 Å². The molecule has 0 aromatic heterocycles. The average Bonchev–Trinajstić information content (AvgIpc) is 2.48. The highest BCUT2D eigenvalue weighted by Gasteiger charge is 2.32. The van der Waals surface area contributed by atoms with Crippen LogP contribution in [0.25, 0.3) is 0 Å². The van der Waals surface area contributed by atoms with Crippen molar-refractivity contribution in [2.45, 2.75) is 45.6 Å². The smallest absolute Gasteiger partial charge is 0.145 e. The van der Waals surface area contributed by atoms with E-state index in [0.717, 1.165) is 25.7 Å². The number of nitrogens with two attached hydrogens (primary N) is 1. The molecule has 1 saturated carbocycles. The summed E-state index contributed by atoms with van der Waals surface area (Å²) in [4.78, 5) is 0. The summed E-state index contributed by atoms with van der Waals surface area (Å²) in [5.74, 6) is 6.07. The highest BCUT2D eigenvalue weighted by Crippen LogP contribution is 2.41. The first kappa shape index (κ1) is 16.8. The van der Waals surface area contributed by atoms with E-state index >= 15 is 0 Å². The van der Waals surface area contributed by atoms with Gasteiger partial charge in [-0.3, -0.25) is 11.3 Å². The molecule has 1 atom stereocenters. The molecule has 3 N–H and O–H groups in total. The topological polar surface area (TPSA) is 38.0 Å². The maximum atomic E-state index is 14.3. The molecule has 1 aromatic rings. The molecule has 0 heterocycles. The van der Waals surface area contributed by atoms with Gasteiger partial charge < -0.3 is 0 Å². The summed E-state index contributed by atoms with van der Waals surface area (Å²) in [6.07, 6.45) is 4.09. The Bertz CT molecular complexity index is 485. The van der Waals surface area contributed by atoms with Gasteiger partial charge in [-0.05, 0) is 71.5 Å². The Hall–Kier alpha value is -0.520. The van der Waals surface area contributed by atoms with Crippen molar-refractivity contribution >= 4 is 15.9 Å². The van der Waals surface area contributed by atoms with E-state index in [1.54, 1.807) is 0 Å². The van der Waals surface area contributed by atoms with Crippen LogP contribution in [0.15, 0.2) is 16.6 Å². The lowest BCUT2D eigenvalue weighted by Crippen LogP contribution is -2.37. The third-order valence-electron chi connectivity index (χ3n) is 4.80. The van der Waals surface area contributed by atoms with Gasteiger partial charge in [-0.15, -0.1) is 0 Å². The molecule has 0 bridgehead atoms. The molecular formula is C16H23BrF2N2. The molecule has 1 aliphatic rings. The summed E-state index contributed by atoms with van der Waals surface area (Å²) in [6.45, 7) is 4.47. The minimum Gasteiger partial charge on any atom is -0.271 e. The van der Waals surface area contributed by atoms with E-state index in [4.69, 9.17) is 5.84 Å². The Morgan fingerprint density at radius 3 is 2.24 bits per heavy atom. The third-order valence-corrected chi connectivity index (χ3v) is 5.41. The van der Waals surface area contributed by atoms with Crippen LogP contribution in [0.4, 0.5) is 8.78 Å². The maximum absolute atomic E-state index is 14.3. The number of nitrogens with one attached hydrogen (secondary N) is 1. The number of hydrogen-bond donors (Lipinski definition) is 2. The number of rotatable bonds is 4. The van der Waals surface area contributed by atoms with Crippen molar-refractivity contribution in [2.24, 2.45) is 23.6 Å². The molecule has 2 rings (SSSR count). The van der Waals surface area contributed by atoms with Crippen molar-refractivity contribution in [3.05, 3.63) is 33.8 Å². The van der Waals surface area contributed by atoms with Gasteiger partial charge in [0, 0.05) is 5.56 Å². The first-order valence-corrected chi connectivity index (χ1v) is 8.34. The average molecular weight is 361 g/mol. The standard InChI is InChI=1S/C16H23BrF2N2/c1-9(2)10-3-5-11(6-4-10)16(21-20)14-13(18)8-7-12(17)15(14)19/h7-11,16,21H,3-6,20H2,1-2H3. The third kappa shape index (κ3) is 3.63. The van der Waals surface area contributed by atoms with Gasteiger partial charge in [0.05, 0.1) is 10.5 Å². The van der Waals surface area contributed by atoms with Crippen molar-refractivity contribution < 1.29 is 8.78 Å². The van der Waals surface area contributed by atoms with Crippen molar-refractivity contribution in [1.29, 1.82) is 0 Å². The molecule has 21 heavy (non-hydrogen) atoms. The van der Waals surface area contributed by atoms with Gasteiger partial charge in [0.2, 0.25) is 0 Å². The zero-order chi connectivity index (χ0) is 15.6. The molecule has 2 nitrogen and oxygen atoms in total. The molecule has 5 heteroatoms. The molecule has 0 aliphatic heterocycles. The molecule has 0 saturated heterocycles. The minimum atomic E-state index is -0.552. The maximum Gasteiger partial charge on any atom is 0.145 e. The number of hydrazine groups is 1. The van der Waals surface area contributed by atoms with Crippen LogP contribution in [0.3, 0.4) is 0 Å². The van der Waals surface area contributed by atoms with Crippen LogP contribution < -0.4 is 11.3 Å². The molecule has 1 fully saturated rings. The molecule has 1 aliphatic carbocycles. The van der Waals surface area contributed by atoms with E-state index < -0.39 is 17.7 Å². The normalized spacial score (nSPS) is 24.3. The lowest BCUT2D eigenvalue weighted by atomic mass is 9.73. The molecule has 1 aromatic carbocycles. The van der Waals surface area contributed by atoms with Crippen LogP contribution in [0.1, 0.15) is 51.1 Å². The Balaban J connectivity index is 2.20. The summed E-state index contributed by atoms with van der Waals surface area (Å²) >= 11 is 3.12. The zero-order valence-electron chi connectivity index (χ0n) is 12.5. The lowest BCUT2D eigenvalue weighted by Gasteiger charge is -2.35. The molecule has 118 valence electrons. The van der Waals surface area contributed by atoms with Gasteiger partial charge in [0.15, 0.2) is 0 Å². The predicted molar refractivity (Wildman–Crippen MR) is 84.4 cm³/mol. The quantitative estimate of drug-likeness (QED) is 0.464. The van der Waals surface area contributed by atoms with Gasteiger partial charge in [-0.2, -0.15) is 0 Å². The van der Waals surface area contributed by atoms with E-state index in [0.29, 0.717) is 11.8 Å². The fourth-order valence-corrected chi connectivity index (χ4v) is 3.77. The highest BCUT2D eigenvalue weighted by molar-refractivity contribution is 9.10.